The summed E-state index contributed by atoms with van der Waals surface area (Å²) in [7, 11) is 7.77. The van der Waals surface area contributed by atoms with Crippen LogP contribution >= 0.6 is 11.6 Å². The summed E-state index contributed by atoms with van der Waals surface area (Å²) in [6.45, 7) is 1.39. The van der Waals surface area contributed by atoms with Crippen molar-refractivity contribution in [2.45, 2.75) is 13.1 Å². The van der Waals surface area contributed by atoms with Gasteiger partial charge in [0.1, 0.15) is 5.82 Å². The lowest BCUT2D eigenvalue weighted by atomic mass is 10.2. The van der Waals surface area contributed by atoms with Crippen LogP contribution in [0.4, 0.5) is 5.82 Å². The van der Waals surface area contributed by atoms with Gasteiger partial charge in [0.2, 0.25) is 0 Å². The third kappa shape index (κ3) is 4.86. The molecule has 0 fully saturated rings. The number of hydrogen-bond donors (Lipinski definition) is 1. The van der Waals surface area contributed by atoms with Gasteiger partial charge in [-0.1, -0.05) is 29.8 Å². The van der Waals surface area contributed by atoms with Gasteiger partial charge in [0.15, 0.2) is 5.96 Å². The average molecular weight is 346 g/mol. The molecule has 0 saturated carbocycles. The summed E-state index contributed by atoms with van der Waals surface area (Å²) in [6, 6.07) is 11.9. The van der Waals surface area contributed by atoms with Gasteiger partial charge in [-0.2, -0.15) is 0 Å². The first-order valence-corrected chi connectivity index (χ1v) is 8.16. The molecule has 0 aliphatic carbocycles. The Morgan fingerprint density at radius 2 is 2.00 bits per heavy atom. The molecule has 2 aromatic rings. The standard InChI is InChI=1S/C18H24ClN5/c1-20-18(24(4)13-14-7-5-9-16(19)11-14)22-12-15-8-6-10-21-17(15)23(2)3/h5-11H,12-13H2,1-4H3,(H,20,22). The van der Waals surface area contributed by atoms with E-state index >= 15 is 0 Å². The van der Waals surface area contributed by atoms with Gasteiger partial charge in [0.25, 0.3) is 0 Å². The van der Waals surface area contributed by atoms with Crippen LogP contribution in [-0.4, -0.2) is 44.0 Å². The Labute approximate surface area is 149 Å². The topological polar surface area (TPSA) is 43.8 Å². The van der Waals surface area contributed by atoms with Crippen LogP contribution in [0.25, 0.3) is 0 Å². The molecule has 0 radical (unpaired) electrons. The quantitative estimate of drug-likeness (QED) is 0.668. The predicted octanol–water partition coefficient (Wildman–Crippen LogP) is 3.01. The van der Waals surface area contributed by atoms with Crippen molar-refractivity contribution in [3.8, 4) is 0 Å². The van der Waals surface area contributed by atoms with Gasteiger partial charge >= 0.3 is 0 Å². The summed E-state index contributed by atoms with van der Waals surface area (Å²) in [6.07, 6.45) is 1.80. The number of aromatic nitrogens is 1. The molecule has 1 N–H and O–H groups in total. The molecule has 0 aliphatic heterocycles. The maximum absolute atomic E-state index is 6.05. The molecule has 24 heavy (non-hydrogen) atoms. The van der Waals surface area contributed by atoms with Crippen molar-refractivity contribution in [2.24, 2.45) is 4.99 Å². The molecule has 0 aliphatic rings. The van der Waals surface area contributed by atoms with E-state index in [1.165, 1.54) is 0 Å². The normalized spacial score (nSPS) is 11.3. The highest BCUT2D eigenvalue weighted by Crippen LogP contribution is 2.15. The van der Waals surface area contributed by atoms with Gasteiger partial charge in [-0.25, -0.2) is 4.98 Å². The van der Waals surface area contributed by atoms with E-state index < -0.39 is 0 Å². The van der Waals surface area contributed by atoms with Crippen molar-refractivity contribution in [1.29, 1.82) is 0 Å². The number of anilines is 1. The molecule has 0 unspecified atom stereocenters. The Kier molecular flexibility index (Phi) is 6.44. The second-order valence-corrected chi connectivity index (χ2v) is 6.20. The van der Waals surface area contributed by atoms with Gasteiger partial charge in [-0.15, -0.1) is 0 Å². The number of nitrogens with zero attached hydrogens (tertiary/aromatic N) is 4. The molecule has 5 nitrogen and oxygen atoms in total. The number of rotatable bonds is 5. The van der Waals surface area contributed by atoms with Crippen molar-refractivity contribution < 1.29 is 0 Å². The van der Waals surface area contributed by atoms with Crippen molar-refractivity contribution in [3.05, 3.63) is 58.7 Å². The molecule has 128 valence electrons. The van der Waals surface area contributed by atoms with Gasteiger partial charge < -0.3 is 15.1 Å². The minimum absolute atomic E-state index is 0.661. The number of nitrogens with one attached hydrogen (secondary N) is 1. The summed E-state index contributed by atoms with van der Waals surface area (Å²) in [5.41, 5.74) is 2.27. The van der Waals surface area contributed by atoms with E-state index in [0.717, 1.165) is 34.5 Å². The molecule has 6 heteroatoms. The van der Waals surface area contributed by atoms with Crippen LogP contribution in [0.3, 0.4) is 0 Å². The smallest absolute Gasteiger partial charge is 0.193 e. The average Bonchev–Trinajstić information content (AvgIpc) is 2.55. The van der Waals surface area contributed by atoms with Crippen molar-refractivity contribution in [1.82, 2.24) is 15.2 Å². The highest BCUT2D eigenvalue weighted by Gasteiger charge is 2.10. The van der Waals surface area contributed by atoms with E-state index in [0.29, 0.717) is 6.54 Å². The van der Waals surface area contributed by atoms with Crippen molar-refractivity contribution in [2.75, 3.05) is 33.1 Å². The van der Waals surface area contributed by atoms with E-state index in [1.807, 2.05) is 50.3 Å². The van der Waals surface area contributed by atoms with E-state index in [9.17, 15) is 0 Å². The molecule has 1 aromatic heterocycles. The first-order chi connectivity index (χ1) is 11.5. The zero-order valence-corrected chi connectivity index (χ0v) is 15.4. The number of benzene rings is 1. The predicted molar refractivity (Wildman–Crippen MR) is 102 cm³/mol. The third-order valence-corrected chi connectivity index (χ3v) is 3.85. The van der Waals surface area contributed by atoms with E-state index in [-0.39, 0.29) is 0 Å². The minimum Gasteiger partial charge on any atom is -0.362 e. The maximum Gasteiger partial charge on any atom is 0.193 e. The number of pyridine rings is 1. The van der Waals surface area contributed by atoms with Crippen LogP contribution < -0.4 is 10.2 Å². The molecule has 0 bridgehead atoms. The fourth-order valence-corrected chi connectivity index (χ4v) is 2.73. The lowest BCUT2D eigenvalue weighted by molar-refractivity contribution is 0.476. The summed E-state index contributed by atoms with van der Waals surface area (Å²) in [5.74, 6) is 1.78. The maximum atomic E-state index is 6.05. The number of hydrogen-bond acceptors (Lipinski definition) is 3. The monoisotopic (exact) mass is 345 g/mol. The molecule has 2 rings (SSSR count). The Hall–Kier alpha value is -2.27. The lowest BCUT2D eigenvalue weighted by Crippen LogP contribution is -2.38. The van der Waals surface area contributed by atoms with Crippen LogP contribution in [0, 0.1) is 0 Å². The van der Waals surface area contributed by atoms with Crippen LogP contribution in [-0.2, 0) is 13.1 Å². The molecule has 1 heterocycles. The highest BCUT2D eigenvalue weighted by molar-refractivity contribution is 6.30. The minimum atomic E-state index is 0.661. The molecule has 0 spiro atoms. The Balaban J connectivity index is 2.02. The number of aliphatic imine (C=N–C) groups is 1. The van der Waals surface area contributed by atoms with Crippen LogP contribution in [0.15, 0.2) is 47.6 Å². The third-order valence-electron chi connectivity index (χ3n) is 3.61. The van der Waals surface area contributed by atoms with E-state index in [2.05, 4.69) is 32.3 Å². The van der Waals surface area contributed by atoms with E-state index in [1.54, 1.807) is 13.2 Å². The second-order valence-electron chi connectivity index (χ2n) is 5.77. The first kappa shape index (κ1) is 18.1. The first-order valence-electron chi connectivity index (χ1n) is 7.78. The number of guanidine groups is 1. The van der Waals surface area contributed by atoms with Crippen LogP contribution in [0.5, 0.6) is 0 Å². The Bertz CT molecular complexity index is 699. The van der Waals surface area contributed by atoms with Gasteiger partial charge in [-0.3, -0.25) is 4.99 Å². The summed E-state index contributed by atoms with van der Waals surface area (Å²) >= 11 is 6.05. The van der Waals surface area contributed by atoms with Crippen LogP contribution in [0.2, 0.25) is 5.02 Å². The zero-order valence-electron chi connectivity index (χ0n) is 14.6. The number of halogens is 1. The van der Waals surface area contributed by atoms with Gasteiger partial charge in [0, 0.05) is 58.1 Å². The lowest BCUT2D eigenvalue weighted by Gasteiger charge is -2.23. The molecule has 0 atom stereocenters. The molecular weight excluding hydrogens is 322 g/mol. The second kappa shape index (κ2) is 8.55. The van der Waals surface area contributed by atoms with E-state index in [4.69, 9.17) is 11.6 Å². The fourth-order valence-electron chi connectivity index (χ4n) is 2.51. The summed E-state index contributed by atoms with van der Waals surface area (Å²) in [5, 5.41) is 4.14. The molecule has 0 saturated heterocycles. The zero-order chi connectivity index (χ0) is 17.5. The van der Waals surface area contributed by atoms with Crippen molar-refractivity contribution in [3.63, 3.8) is 0 Å². The van der Waals surface area contributed by atoms with Gasteiger partial charge in [-0.05, 0) is 23.8 Å². The summed E-state index contributed by atoms with van der Waals surface area (Å²) in [4.78, 5) is 12.9. The van der Waals surface area contributed by atoms with Crippen LogP contribution in [0.1, 0.15) is 11.1 Å². The van der Waals surface area contributed by atoms with Gasteiger partial charge in [0.05, 0.1) is 0 Å². The summed E-state index contributed by atoms with van der Waals surface area (Å²) < 4.78 is 0. The fraction of sp³-hybridized carbons (Fsp3) is 0.333. The molecular formula is C18H24ClN5. The largest absolute Gasteiger partial charge is 0.362 e. The Morgan fingerprint density at radius 3 is 2.67 bits per heavy atom. The SMILES string of the molecule is CN=C(NCc1cccnc1N(C)C)N(C)Cc1cccc(Cl)c1. The Morgan fingerprint density at radius 1 is 1.21 bits per heavy atom. The van der Waals surface area contributed by atoms with Crippen molar-refractivity contribution >= 4 is 23.4 Å². The molecule has 1 aromatic carbocycles. The highest BCUT2D eigenvalue weighted by atomic mass is 35.5. The molecule has 0 amide bonds.